The van der Waals surface area contributed by atoms with Crippen LogP contribution in [0.2, 0.25) is 0 Å². The van der Waals surface area contributed by atoms with Crippen molar-refractivity contribution in [2.24, 2.45) is 0 Å². The van der Waals surface area contributed by atoms with Gasteiger partial charge in [0.15, 0.2) is 17.5 Å². The second-order valence-corrected chi connectivity index (χ2v) is 2.76. The van der Waals surface area contributed by atoms with Gasteiger partial charge in [-0.2, -0.15) is 0 Å². The van der Waals surface area contributed by atoms with E-state index in [1.807, 2.05) is 0 Å². The quantitative estimate of drug-likeness (QED) is 0.646. The highest BCUT2D eigenvalue weighted by molar-refractivity contribution is 5.82. The maximum atomic E-state index is 13.1. The maximum absolute atomic E-state index is 13.1. The highest BCUT2D eigenvalue weighted by Crippen LogP contribution is 2.19. The summed E-state index contributed by atoms with van der Waals surface area (Å²) in [6, 6.07) is 2.07. The number of hydrogen-bond acceptors (Lipinski definition) is 1. The third-order valence-corrected chi connectivity index (χ3v) is 1.90. The number of fused-ring (bicyclic) bond motifs is 1. The van der Waals surface area contributed by atoms with Crippen LogP contribution in [0.4, 0.5) is 13.2 Å². The highest BCUT2D eigenvalue weighted by atomic mass is 19.2. The Bertz CT molecular complexity index is 562. The molecule has 1 heterocycles. The van der Waals surface area contributed by atoms with Crippen LogP contribution in [-0.4, -0.2) is 4.98 Å². The van der Waals surface area contributed by atoms with Crippen molar-refractivity contribution in [3.8, 4) is 0 Å². The van der Waals surface area contributed by atoms with Crippen molar-refractivity contribution in [3.63, 3.8) is 0 Å². The molecule has 14 heavy (non-hydrogen) atoms. The lowest BCUT2D eigenvalue weighted by atomic mass is 10.1. The minimum Gasteiger partial charge on any atom is -0.328 e. The third-order valence-electron chi connectivity index (χ3n) is 1.90. The Morgan fingerprint density at radius 1 is 1.14 bits per heavy atom. The van der Waals surface area contributed by atoms with Gasteiger partial charge >= 0.3 is 0 Å². The predicted octanol–water partition coefficient (Wildman–Crippen LogP) is 1.95. The van der Waals surface area contributed by atoms with Crippen LogP contribution in [0.25, 0.3) is 10.8 Å². The Labute approximate surface area is 76.0 Å². The Morgan fingerprint density at radius 2 is 1.86 bits per heavy atom. The standard InChI is InChI=1S/C9H4F3NO/c10-5-3-4-1-2-13-9(14)6(4)8(12)7(5)11/h1-3H,(H,13,14). The summed E-state index contributed by atoms with van der Waals surface area (Å²) in [4.78, 5) is 13.3. The average Bonchev–Trinajstić information content (AvgIpc) is 2.14. The zero-order chi connectivity index (χ0) is 10.3. The fourth-order valence-electron chi connectivity index (χ4n) is 1.25. The van der Waals surface area contributed by atoms with E-state index < -0.39 is 28.4 Å². The molecule has 1 aromatic carbocycles. The van der Waals surface area contributed by atoms with Crippen molar-refractivity contribution in [1.82, 2.24) is 4.98 Å². The van der Waals surface area contributed by atoms with Crippen LogP contribution in [-0.2, 0) is 0 Å². The van der Waals surface area contributed by atoms with Gasteiger partial charge in [0.25, 0.3) is 5.56 Å². The SMILES string of the molecule is O=c1[nH]ccc2cc(F)c(F)c(F)c12. The number of pyridine rings is 1. The maximum Gasteiger partial charge on any atom is 0.258 e. The number of H-pyrrole nitrogens is 1. The number of hydrogen-bond donors (Lipinski definition) is 1. The number of rotatable bonds is 0. The van der Waals surface area contributed by atoms with E-state index in [-0.39, 0.29) is 5.39 Å². The molecule has 0 amide bonds. The Morgan fingerprint density at radius 3 is 2.57 bits per heavy atom. The third kappa shape index (κ3) is 1.09. The van der Waals surface area contributed by atoms with Crippen molar-refractivity contribution in [2.75, 3.05) is 0 Å². The topological polar surface area (TPSA) is 32.9 Å². The van der Waals surface area contributed by atoms with Crippen LogP contribution in [0.3, 0.4) is 0 Å². The molecule has 72 valence electrons. The molecule has 0 aliphatic rings. The van der Waals surface area contributed by atoms with Gasteiger partial charge in [0.1, 0.15) is 0 Å². The lowest BCUT2D eigenvalue weighted by molar-refractivity contribution is 0.453. The number of benzene rings is 1. The van der Waals surface area contributed by atoms with Gasteiger partial charge in [-0.15, -0.1) is 0 Å². The molecule has 2 aromatic rings. The highest BCUT2D eigenvalue weighted by Gasteiger charge is 2.15. The zero-order valence-corrected chi connectivity index (χ0v) is 6.77. The summed E-state index contributed by atoms with van der Waals surface area (Å²) in [5, 5.41) is -0.434. The monoisotopic (exact) mass is 199 g/mol. The molecule has 0 saturated carbocycles. The van der Waals surface area contributed by atoms with Crippen molar-refractivity contribution < 1.29 is 13.2 Å². The normalized spacial score (nSPS) is 10.8. The van der Waals surface area contributed by atoms with Crippen LogP contribution < -0.4 is 5.56 Å². The van der Waals surface area contributed by atoms with E-state index >= 15 is 0 Å². The molecule has 0 aliphatic heterocycles. The molecule has 5 heteroatoms. The van der Waals surface area contributed by atoms with Crippen molar-refractivity contribution >= 4 is 10.8 Å². The van der Waals surface area contributed by atoms with E-state index in [2.05, 4.69) is 4.98 Å². The van der Waals surface area contributed by atoms with Crippen LogP contribution >= 0.6 is 0 Å². The molecule has 0 atom stereocenters. The molecule has 1 aromatic heterocycles. The first-order valence-electron chi connectivity index (χ1n) is 3.76. The molecular weight excluding hydrogens is 195 g/mol. The van der Waals surface area contributed by atoms with Gasteiger partial charge in [0, 0.05) is 6.20 Å². The lowest BCUT2D eigenvalue weighted by Gasteiger charge is -1.99. The second kappa shape index (κ2) is 2.87. The summed E-state index contributed by atoms with van der Waals surface area (Å²) >= 11 is 0. The largest absolute Gasteiger partial charge is 0.328 e. The Kier molecular flexibility index (Phi) is 1.80. The van der Waals surface area contributed by atoms with Crippen LogP contribution in [0.1, 0.15) is 0 Å². The van der Waals surface area contributed by atoms with Gasteiger partial charge in [-0.25, -0.2) is 13.2 Å². The number of halogens is 3. The van der Waals surface area contributed by atoms with Gasteiger partial charge in [-0.05, 0) is 17.5 Å². The molecule has 0 saturated heterocycles. The first-order valence-corrected chi connectivity index (χ1v) is 3.76. The second-order valence-electron chi connectivity index (χ2n) is 2.76. The number of nitrogens with one attached hydrogen (secondary N) is 1. The predicted molar refractivity (Wildman–Crippen MR) is 44.4 cm³/mol. The molecular formula is C9H4F3NO. The van der Waals surface area contributed by atoms with E-state index in [1.165, 1.54) is 12.3 Å². The summed E-state index contributed by atoms with van der Waals surface area (Å²) in [5.74, 6) is -4.39. The van der Waals surface area contributed by atoms with E-state index in [0.717, 1.165) is 6.07 Å². The van der Waals surface area contributed by atoms with Crippen molar-refractivity contribution in [2.45, 2.75) is 0 Å². The molecule has 0 aliphatic carbocycles. The van der Waals surface area contributed by atoms with Gasteiger partial charge in [-0.1, -0.05) is 0 Å². The van der Waals surface area contributed by atoms with Crippen LogP contribution in [0.5, 0.6) is 0 Å². The minimum absolute atomic E-state index is 0.0325. The Balaban J connectivity index is 3.07. The van der Waals surface area contributed by atoms with Gasteiger partial charge in [-0.3, -0.25) is 4.79 Å². The summed E-state index contributed by atoms with van der Waals surface area (Å²) in [6.07, 6.45) is 1.24. The van der Waals surface area contributed by atoms with E-state index in [1.54, 1.807) is 0 Å². The Hall–Kier alpha value is -1.78. The van der Waals surface area contributed by atoms with E-state index in [9.17, 15) is 18.0 Å². The minimum atomic E-state index is -1.63. The van der Waals surface area contributed by atoms with Crippen molar-refractivity contribution in [1.29, 1.82) is 0 Å². The molecule has 1 N–H and O–H groups in total. The van der Waals surface area contributed by atoms with Crippen LogP contribution in [0, 0.1) is 17.5 Å². The summed E-state index contributed by atoms with van der Waals surface area (Å²) in [7, 11) is 0. The zero-order valence-electron chi connectivity index (χ0n) is 6.77. The van der Waals surface area contributed by atoms with Gasteiger partial charge in [0.05, 0.1) is 5.39 Å². The molecule has 0 radical (unpaired) electrons. The fourth-order valence-corrected chi connectivity index (χ4v) is 1.25. The summed E-state index contributed by atoms with van der Waals surface area (Å²) in [6.45, 7) is 0. The van der Waals surface area contributed by atoms with E-state index in [0.29, 0.717) is 0 Å². The van der Waals surface area contributed by atoms with Crippen LogP contribution in [0.15, 0.2) is 23.1 Å². The first kappa shape index (κ1) is 8.80. The first-order chi connectivity index (χ1) is 6.61. The van der Waals surface area contributed by atoms with Crippen molar-refractivity contribution in [3.05, 3.63) is 46.1 Å². The molecule has 2 nitrogen and oxygen atoms in total. The lowest BCUT2D eigenvalue weighted by Crippen LogP contribution is -2.08. The molecule has 0 unspecified atom stereocenters. The summed E-state index contributed by atoms with van der Waals surface area (Å²) < 4.78 is 38.5. The molecule has 0 spiro atoms. The average molecular weight is 199 g/mol. The molecule has 0 bridgehead atoms. The number of aromatic amines is 1. The molecule has 2 rings (SSSR count). The van der Waals surface area contributed by atoms with Gasteiger partial charge < -0.3 is 4.98 Å². The number of aromatic nitrogens is 1. The molecule has 0 fully saturated rings. The fraction of sp³-hybridized carbons (Fsp3) is 0. The van der Waals surface area contributed by atoms with E-state index in [4.69, 9.17) is 0 Å². The summed E-state index contributed by atoms with van der Waals surface area (Å²) in [5.41, 5.74) is -0.779. The smallest absolute Gasteiger partial charge is 0.258 e. The van der Waals surface area contributed by atoms with Gasteiger partial charge in [0.2, 0.25) is 0 Å².